The summed E-state index contributed by atoms with van der Waals surface area (Å²) in [4.78, 5) is 13.2. The van der Waals surface area contributed by atoms with Gasteiger partial charge in [-0.3, -0.25) is 0 Å². The van der Waals surface area contributed by atoms with Crippen molar-refractivity contribution in [1.29, 1.82) is 0 Å². The van der Waals surface area contributed by atoms with Crippen molar-refractivity contribution in [2.45, 2.75) is 25.1 Å². The van der Waals surface area contributed by atoms with Crippen molar-refractivity contribution in [1.82, 2.24) is 10.2 Å². The van der Waals surface area contributed by atoms with E-state index in [-0.39, 0.29) is 18.5 Å². The summed E-state index contributed by atoms with van der Waals surface area (Å²) in [6.07, 6.45) is -4.94. The van der Waals surface area contributed by atoms with Gasteiger partial charge < -0.3 is 15.3 Å². The maximum Gasteiger partial charge on any atom is 0.416 e. The fraction of sp³-hybridized carbons (Fsp3) is 0.500. The Balaban J connectivity index is 1.85. The molecule has 0 spiro atoms. The molecule has 1 heterocycles. The van der Waals surface area contributed by atoms with Crippen LogP contribution in [0.25, 0.3) is 0 Å². The number of carbonyl (C=O) groups excluding carboxylic acids is 1. The van der Waals surface area contributed by atoms with Gasteiger partial charge in [-0.1, -0.05) is 12.1 Å². The van der Waals surface area contributed by atoms with Gasteiger partial charge in [-0.05, 0) is 24.6 Å². The van der Waals surface area contributed by atoms with E-state index in [1.807, 2.05) is 0 Å². The van der Waals surface area contributed by atoms with Gasteiger partial charge in [-0.2, -0.15) is 13.2 Å². The van der Waals surface area contributed by atoms with Crippen LogP contribution in [-0.2, 0) is 6.18 Å². The minimum Gasteiger partial charge on any atom is -0.392 e. The standard InChI is InChI=1S/C14H17F3N2O2/c1-9(20)6-18-13(21)19-7-11(8-19)10-2-4-12(5-3-10)14(15,16)17/h2-5,9,11,20H,6-8H2,1H3,(H,18,21)/t9-/m0/s1. The molecule has 116 valence electrons. The molecule has 0 aromatic heterocycles. The van der Waals surface area contributed by atoms with E-state index in [2.05, 4.69) is 5.32 Å². The molecule has 1 atom stereocenters. The smallest absolute Gasteiger partial charge is 0.392 e. The van der Waals surface area contributed by atoms with Crippen LogP contribution in [0.5, 0.6) is 0 Å². The number of hydrogen-bond donors (Lipinski definition) is 2. The first kappa shape index (κ1) is 15.6. The highest BCUT2D eigenvalue weighted by molar-refractivity contribution is 5.75. The second kappa shape index (κ2) is 5.93. The minimum atomic E-state index is -4.33. The summed E-state index contributed by atoms with van der Waals surface area (Å²) >= 11 is 0. The van der Waals surface area contributed by atoms with Crippen molar-refractivity contribution in [3.05, 3.63) is 35.4 Å². The van der Waals surface area contributed by atoms with E-state index < -0.39 is 17.8 Å². The highest BCUT2D eigenvalue weighted by atomic mass is 19.4. The number of benzene rings is 1. The Morgan fingerprint density at radius 1 is 1.38 bits per heavy atom. The summed E-state index contributed by atoms with van der Waals surface area (Å²) in [6.45, 7) is 2.69. The number of nitrogens with one attached hydrogen (secondary N) is 1. The van der Waals surface area contributed by atoms with Crippen LogP contribution < -0.4 is 5.32 Å². The molecule has 1 fully saturated rings. The van der Waals surface area contributed by atoms with Crippen LogP contribution in [0.4, 0.5) is 18.0 Å². The van der Waals surface area contributed by atoms with Crippen LogP contribution in [-0.4, -0.2) is 41.8 Å². The Morgan fingerprint density at radius 3 is 2.43 bits per heavy atom. The lowest BCUT2D eigenvalue weighted by Crippen LogP contribution is -2.53. The van der Waals surface area contributed by atoms with E-state index >= 15 is 0 Å². The third-order valence-corrected chi connectivity index (χ3v) is 3.43. The maximum atomic E-state index is 12.5. The molecular formula is C14H17F3N2O2. The predicted octanol–water partition coefficient (Wildman–Crippen LogP) is 2.20. The largest absolute Gasteiger partial charge is 0.416 e. The fourth-order valence-electron chi connectivity index (χ4n) is 2.15. The molecule has 1 aliphatic heterocycles. The minimum absolute atomic E-state index is 0.0598. The molecule has 7 heteroatoms. The van der Waals surface area contributed by atoms with E-state index in [0.29, 0.717) is 13.1 Å². The zero-order chi connectivity index (χ0) is 15.6. The van der Waals surface area contributed by atoms with E-state index in [1.165, 1.54) is 12.1 Å². The summed E-state index contributed by atoms with van der Waals surface area (Å²) in [5, 5.41) is 11.6. The number of urea groups is 1. The van der Waals surface area contributed by atoms with Crippen molar-refractivity contribution < 1.29 is 23.1 Å². The molecule has 1 aromatic carbocycles. The van der Waals surface area contributed by atoms with E-state index in [4.69, 9.17) is 5.11 Å². The van der Waals surface area contributed by atoms with Crippen molar-refractivity contribution >= 4 is 6.03 Å². The molecular weight excluding hydrogens is 285 g/mol. The second-order valence-corrected chi connectivity index (χ2v) is 5.26. The Kier molecular flexibility index (Phi) is 4.41. The number of alkyl halides is 3. The molecule has 1 aromatic rings. The van der Waals surface area contributed by atoms with E-state index in [9.17, 15) is 18.0 Å². The third kappa shape index (κ3) is 3.87. The molecule has 2 amide bonds. The first-order valence-corrected chi connectivity index (χ1v) is 6.65. The van der Waals surface area contributed by atoms with Gasteiger partial charge in [0.2, 0.25) is 0 Å². The molecule has 0 radical (unpaired) electrons. The fourth-order valence-corrected chi connectivity index (χ4v) is 2.15. The van der Waals surface area contributed by atoms with Gasteiger partial charge in [0.05, 0.1) is 11.7 Å². The zero-order valence-corrected chi connectivity index (χ0v) is 11.5. The lowest BCUT2D eigenvalue weighted by atomic mass is 9.91. The van der Waals surface area contributed by atoms with Crippen LogP contribution in [0.2, 0.25) is 0 Å². The lowest BCUT2D eigenvalue weighted by Gasteiger charge is -2.39. The number of nitrogens with zero attached hydrogens (tertiary/aromatic N) is 1. The quantitative estimate of drug-likeness (QED) is 0.899. The maximum absolute atomic E-state index is 12.5. The number of hydrogen-bond acceptors (Lipinski definition) is 2. The first-order chi connectivity index (χ1) is 9.77. The van der Waals surface area contributed by atoms with Crippen molar-refractivity contribution in [3.63, 3.8) is 0 Å². The Bertz CT molecular complexity index is 494. The summed E-state index contributed by atoms with van der Waals surface area (Å²) in [7, 11) is 0. The molecule has 0 unspecified atom stereocenters. The van der Waals surface area contributed by atoms with Crippen LogP contribution >= 0.6 is 0 Å². The Hall–Kier alpha value is -1.76. The Labute approximate surface area is 120 Å². The van der Waals surface area contributed by atoms with Crippen LogP contribution in [0, 0.1) is 0 Å². The summed E-state index contributed by atoms with van der Waals surface area (Å²) in [5.74, 6) is 0.0598. The van der Waals surface area contributed by atoms with Gasteiger partial charge in [0.25, 0.3) is 0 Å². The molecule has 1 aliphatic rings. The number of likely N-dealkylation sites (tertiary alicyclic amines) is 1. The average Bonchev–Trinajstić information content (AvgIpc) is 2.34. The molecule has 2 rings (SSSR count). The first-order valence-electron chi connectivity index (χ1n) is 6.65. The van der Waals surface area contributed by atoms with Gasteiger partial charge >= 0.3 is 12.2 Å². The number of halogens is 3. The van der Waals surface area contributed by atoms with Crippen LogP contribution in [0.1, 0.15) is 24.0 Å². The number of carbonyl (C=O) groups is 1. The SMILES string of the molecule is C[C@H](O)CNC(=O)N1CC(c2ccc(C(F)(F)F)cc2)C1. The summed E-state index contributed by atoms with van der Waals surface area (Å²) in [5.41, 5.74) is 0.125. The molecule has 1 saturated heterocycles. The number of rotatable bonds is 3. The second-order valence-electron chi connectivity index (χ2n) is 5.26. The molecule has 0 bridgehead atoms. The van der Waals surface area contributed by atoms with Gasteiger partial charge in [-0.15, -0.1) is 0 Å². The van der Waals surface area contributed by atoms with E-state index in [1.54, 1.807) is 11.8 Å². The molecule has 0 aliphatic carbocycles. The summed E-state index contributed by atoms with van der Waals surface area (Å²) in [6, 6.07) is 4.77. The lowest BCUT2D eigenvalue weighted by molar-refractivity contribution is -0.137. The highest BCUT2D eigenvalue weighted by Gasteiger charge is 2.33. The van der Waals surface area contributed by atoms with Gasteiger partial charge in [0.15, 0.2) is 0 Å². The highest BCUT2D eigenvalue weighted by Crippen LogP contribution is 2.32. The van der Waals surface area contributed by atoms with Crippen LogP contribution in [0.3, 0.4) is 0 Å². The Morgan fingerprint density at radius 2 is 1.95 bits per heavy atom. The zero-order valence-electron chi connectivity index (χ0n) is 11.5. The average molecular weight is 302 g/mol. The molecule has 0 saturated carbocycles. The predicted molar refractivity (Wildman–Crippen MR) is 70.8 cm³/mol. The third-order valence-electron chi connectivity index (χ3n) is 3.43. The van der Waals surface area contributed by atoms with Crippen molar-refractivity contribution in [3.8, 4) is 0 Å². The molecule has 2 N–H and O–H groups in total. The van der Waals surface area contributed by atoms with Crippen molar-refractivity contribution in [2.75, 3.05) is 19.6 Å². The van der Waals surface area contributed by atoms with Gasteiger partial charge in [-0.25, -0.2) is 4.79 Å². The van der Waals surface area contributed by atoms with Gasteiger partial charge in [0.1, 0.15) is 0 Å². The molecule has 4 nitrogen and oxygen atoms in total. The molecule has 21 heavy (non-hydrogen) atoms. The number of aliphatic hydroxyl groups is 1. The summed E-state index contributed by atoms with van der Waals surface area (Å²) < 4.78 is 37.4. The van der Waals surface area contributed by atoms with Gasteiger partial charge in [0, 0.05) is 25.6 Å². The topological polar surface area (TPSA) is 52.6 Å². The normalized spacial score (nSPS) is 17.3. The van der Waals surface area contributed by atoms with Crippen molar-refractivity contribution in [2.24, 2.45) is 0 Å². The monoisotopic (exact) mass is 302 g/mol. The van der Waals surface area contributed by atoms with Crippen LogP contribution in [0.15, 0.2) is 24.3 Å². The van der Waals surface area contributed by atoms with E-state index in [0.717, 1.165) is 17.7 Å². The number of amides is 2. The number of aliphatic hydroxyl groups excluding tert-OH is 1.